The predicted octanol–water partition coefficient (Wildman–Crippen LogP) is 3.56. The summed E-state index contributed by atoms with van der Waals surface area (Å²) in [5.41, 5.74) is 3.84. The largest absolute Gasteiger partial charge is 0.459 e. The molecule has 3 rings (SSSR count). The zero-order valence-corrected chi connectivity index (χ0v) is 13.1. The van der Waals surface area contributed by atoms with Crippen LogP contribution in [0.4, 0.5) is 11.4 Å². The van der Waals surface area contributed by atoms with Gasteiger partial charge in [-0.25, -0.2) is 0 Å². The van der Waals surface area contributed by atoms with Crippen LogP contribution in [0.1, 0.15) is 12.7 Å². The first-order chi connectivity index (χ1) is 11.2. The van der Waals surface area contributed by atoms with Gasteiger partial charge < -0.3 is 14.6 Å². The smallest absolute Gasteiger partial charge is 0.191 e. The van der Waals surface area contributed by atoms with E-state index in [0.29, 0.717) is 5.76 Å². The molecule has 0 aliphatic rings. The van der Waals surface area contributed by atoms with Crippen LogP contribution in [0.5, 0.6) is 0 Å². The summed E-state index contributed by atoms with van der Waals surface area (Å²) in [5, 5.41) is 18.1. The van der Waals surface area contributed by atoms with Crippen LogP contribution in [0.25, 0.3) is 11.1 Å². The number of amidine groups is 1. The van der Waals surface area contributed by atoms with Gasteiger partial charge in [-0.15, -0.1) is 0 Å². The second kappa shape index (κ2) is 6.39. The Hall–Kier alpha value is -3.02. The maximum absolute atomic E-state index is 8.24. The molecule has 0 amide bonds. The summed E-state index contributed by atoms with van der Waals surface area (Å²) in [6.45, 7) is 2.90. The average Bonchev–Trinajstić information content (AvgIpc) is 3.26. The first-order valence-corrected chi connectivity index (χ1v) is 7.43. The molecule has 23 heavy (non-hydrogen) atoms. The van der Waals surface area contributed by atoms with E-state index in [-0.39, 0.29) is 5.84 Å². The van der Waals surface area contributed by atoms with Crippen molar-refractivity contribution in [2.45, 2.75) is 6.92 Å². The van der Waals surface area contributed by atoms with Crippen molar-refractivity contribution in [1.29, 1.82) is 5.41 Å². The Balaban J connectivity index is 1.74. The third-order valence-electron chi connectivity index (χ3n) is 3.74. The molecule has 0 atom stereocenters. The summed E-state index contributed by atoms with van der Waals surface area (Å²) in [7, 11) is 1.97. The number of nitrogens with one attached hydrogen (secondary N) is 3. The van der Waals surface area contributed by atoms with E-state index in [2.05, 4.69) is 22.4 Å². The second-order valence-corrected chi connectivity index (χ2v) is 5.21. The Morgan fingerprint density at radius 2 is 2.04 bits per heavy atom. The fourth-order valence-electron chi connectivity index (χ4n) is 2.32. The molecule has 0 fully saturated rings. The lowest BCUT2D eigenvalue weighted by atomic mass is 10.1. The number of aromatic nitrogens is 2. The number of furan rings is 1. The van der Waals surface area contributed by atoms with Gasteiger partial charge in [0.05, 0.1) is 18.1 Å². The fourth-order valence-corrected chi connectivity index (χ4v) is 2.32. The molecular formula is C17H19N5O. The molecule has 3 N–H and O–H groups in total. The summed E-state index contributed by atoms with van der Waals surface area (Å²) < 4.78 is 5.46. The molecule has 0 saturated carbocycles. The molecular weight excluding hydrogens is 290 g/mol. The summed E-state index contributed by atoms with van der Waals surface area (Å²) in [6.07, 6.45) is 5.23. The molecule has 1 aromatic carbocycles. The number of rotatable bonds is 5. The lowest BCUT2D eigenvalue weighted by Crippen LogP contribution is -2.20. The van der Waals surface area contributed by atoms with Crippen molar-refractivity contribution < 1.29 is 4.42 Å². The van der Waals surface area contributed by atoms with E-state index in [4.69, 9.17) is 9.83 Å². The molecule has 0 bridgehead atoms. The van der Waals surface area contributed by atoms with E-state index < -0.39 is 0 Å². The van der Waals surface area contributed by atoms with Gasteiger partial charge in [0.1, 0.15) is 0 Å². The normalized spacial score (nSPS) is 10.5. The highest BCUT2D eigenvalue weighted by Gasteiger charge is 2.14. The zero-order valence-electron chi connectivity index (χ0n) is 13.1. The maximum atomic E-state index is 8.24. The van der Waals surface area contributed by atoms with Gasteiger partial charge in [0.25, 0.3) is 0 Å². The minimum absolute atomic E-state index is 0.237. The van der Waals surface area contributed by atoms with E-state index >= 15 is 0 Å². The molecule has 2 aromatic heterocycles. The topological polar surface area (TPSA) is 80.9 Å². The molecule has 2 heterocycles. The van der Waals surface area contributed by atoms with Crippen molar-refractivity contribution in [2.24, 2.45) is 0 Å². The third-order valence-corrected chi connectivity index (χ3v) is 3.74. The predicted molar refractivity (Wildman–Crippen MR) is 92.1 cm³/mol. The SMILES string of the molecule is CCN(C)c1ccoc1C(=N)Nc1ccc(-c2cn[nH]c2)cc1. The van der Waals surface area contributed by atoms with Crippen LogP contribution >= 0.6 is 0 Å². The van der Waals surface area contributed by atoms with Gasteiger partial charge in [0.2, 0.25) is 0 Å². The molecule has 0 aliphatic carbocycles. The molecule has 6 heteroatoms. The van der Waals surface area contributed by atoms with Crippen molar-refractivity contribution in [2.75, 3.05) is 23.8 Å². The summed E-state index contributed by atoms with van der Waals surface area (Å²) in [5.74, 6) is 0.773. The number of hydrogen-bond donors (Lipinski definition) is 3. The first-order valence-electron chi connectivity index (χ1n) is 7.43. The molecule has 118 valence electrons. The summed E-state index contributed by atoms with van der Waals surface area (Å²) in [6, 6.07) is 9.71. The third kappa shape index (κ3) is 3.11. The first kappa shape index (κ1) is 14.9. The molecule has 0 aliphatic heterocycles. The molecule has 0 spiro atoms. The standard InChI is InChI=1S/C17H19N5O/c1-3-22(2)15-8-9-23-16(15)17(18)21-14-6-4-12(5-7-14)13-10-19-20-11-13/h4-11H,3H2,1-2H3,(H2,18,21)(H,19,20). The fraction of sp³-hybridized carbons (Fsp3) is 0.176. The Morgan fingerprint density at radius 1 is 1.26 bits per heavy atom. The van der Waals surface area contributed by atoms with E-state index in [1.807, 2.05) is 48.5 Å². The average molecular weight is 309 g/mol. The highest BCUT2D eigenvalue weighted by Crippen LogP contribution is 2.23. The van der Waals surface area contributed by atoms with Crippen LogP contribution in [0.3, 0.4) is 0 Å². The Kier molecular flexibility index (Phi) is 4.14. The maximum Gasteiger partial charge on any atom is 0.191 e. The highest BCUT2D eigenvalue weighted by molar-refractivity contribution is 6.07. The second-order valence-electron chi connectivity index (χ2n) is 5.21. The zero-order chi connectivity index (χ0) is 16.2. The van der Waals surface area contributed by atoms with Gasteiger partial charge in [0, 0.05) is 37.1 Å². The molecule has 0 saturated heterocycles. The van der Waals surface area contributed by atoms with E-state index in [0.717, 1.165) is 29.0 Å². The number of anilines is 2. The van der Waals surface area contributed by atoms with Gasteiger partial charge in [-0.05, 0) is 24.6 Å². The van der Waals surface area contributed by atoms with Crippen LogP contribution in [0.15, 0.2) is 53.4 Å². The monoisotopic (exact) mass is 309 g/mol. The van der Waals surface area contributed by atoms with Crippen LogP contribution < -0.4 is 10.2 Å². The quantitative estimate of drug-likeness (QED) is 0.497. The minimum atomic E-state index is 0.237. The number of hydrogen-bond acceptors (Lipinski definition) is 4. The minimum Gasteiger partial charge on any atom is -0.459 e. The lowest BCUT2D eigenvalue weighted by molar-refractivity contribution is 0.556. The van der Waals surface area contributed by atoms with Gasteiger partial charge in [-0.1, -0.05) is 12.1 Å². The Labute approximate surface area is 134 Å². The van der Waals surface area contributed by atoms with Crippen LogP contribution in [-0.2, 0) is 0 Å². The van der Waals surface area contributed by atoms with Crippen molar-refractivity contribution in [3.05, 3.63) is 54.7 Å². The number of H-pyrrole nitrogens is 1. The van der Waals surface area contributed by atoms with Crippen LogP contribution in [0.2, 0.25) is 0 Å². The number of benzene rings is 1. The lowest BCUT2D eigenvalue weighted by Gasteiger charge is -2.16. The van der Waals surface area contributed by atoms with Crippen molar-refractivity contribution in [3.63, 3.8) is 0 Å². The van der Waals surface area contributed by atoms with E-state index in [1.54, 1.807) is 12.5 Å². The Bertz CT molecular complexity index is 774. The van der Waals surface area contributed by atoms with Gasteiger partial charge >= 0.3 is 0 Å². The number of aromatic amines is 1. The van der Waals surface area contributed by atoms with Crippen molar-refractivity contribution in [1.82, 2.24) is 10.2 Å². The molecule has 3 aromatic rings. The summed E-state index contributed by atoms with van der Waals surface area (Å²) in [4.78, 5) is 2.04. The molecule has 0 radical (unpaired) electrons. The van der Waals surface area contributed by atoms with Crippen LogP contribution in [0, 0.1) is 5.41 Å². The van der Waals surface area contributed by atoms with Gasteiger partial charge in [0.15, 0.2) is 11.6 Å². The van der Waals surface area contributed by atoms with E-state index in [1.165, 1.54) is 0 Å². The Morgan fingerprint density at radius 3 is 2.70 bits per heavy atom. The van der Waals surface area contributed by atoms with Gasteiger partial charge in [-0.3, -0.25) is 10.5 Å². The number of nitrogens with zero attached hydrogens (tertiary/aromatic N) is 2. The summed E-state index contributed by atoms with van der Waals surface area (Å²) >= 11 is 0. The molecule has 0 unspecified atom stereocenters. The van der Waals surface area contributed by atoms with E-state index in [9.17, 15) is 0 Å². The van der Waals surface area contributed by atoms with Crippen molar-refractivity contribution in [3.8, 4) is 11.1 Å². The van der Waals surface area contributed by atoms with Crippen LogP contribution in [-0.4, -0.2) is 29.6 Å². The highest BCUT2D eigenvalue weighted by atomic mass is 16.3. The van der Waals surface area contributed by atoms with Crippen molar-refractivity contribution >= 4 is 17.2 Å². The van der Waals surface area contributed by atoms with Gasteiger partial charge in [-0.2, -0.15) is 5.10 Å². The molecule has 6 nitrogen and oxygen atoms in total.